The van der Waals surface area contributed by atoms with Gasteiger partial charge in [0.15, 0.2) is 11.5 Å². The van der Waals surface area contributed by atoms with E-state index in [9.17, 15) is 33.8 Å². The number of nitrogens with zero attached hydrogens (tertiary/aromatic N) is 2. The van der Waals surface area contributed by atoms with Gasteiger partial charge in [-0.3, -0.25) is 19.8 Å². The van der Waals surface area contributed by atoms with E-state index in [0.717, 1.165) is 12.0 Å². The second kappa shape index (κ2) is 12.9. The Kier molecular flexibility index (Phi) is 10.2. The van der Waals surface area contributed by atoms with Crippen molar-refractivity contribution in [2.45, 2.75) is 38.9 Å². The molecule has 2 N–H and O–H groups in total. The summed E-state index contributed by atoms with van der Waals surface area (Å²) in [7, 11) is 1.12. The van der Waals surface area contributed by atoms with Gasteiger partial charge < -0.3 is 29.2 Å². The summed E-state index contributed by atoms with van der Waals surface area (Å²) in [5, 5.41) is 9.52. The van der Waals surface area contributed by atoms with Crippen molar-refractivity contribution >= 4 is 41.0 Å². The Morgan fingerprint density at radius 1 is 1.21 bits per heavy atom. The maximum absolute atomic E-state index is 13.3. The zero-order valence-electron chi connectivity index (χ0n) is 21.0. The highest BCUT2D eigenvalue weighted by atomic mass is 32.2. The van der Waals surface area contributed by atoms with Gasteiger partial charge in [0.2, 0.25) is 11.3 Å². The molecule has 1 aliphatic rings. The van der Waals surface area contributed by atoms with Gasteiger partial charge in [0.25, 0.3) is 5.69 Å². The van der Waals surface area contributed by atoms with E-state index >= 15 is 0 Å². The number of nitro groups is 1. The van der Waals surface area contributed by atoms with Crippen molar-refractivity contribution in [1.82, 2.24) is 4.90 Å². The van der Waals surface area contributed by atoms with Crippen molar-refractivity contribution in [2.24, 2.45) is 11.7 Å². The first kappa shape index (κ1) is 30.1. The molecule has 4 atom stereocenters. The van der Waals surface area contributed by atoms with Crippen LogP contribution in [0.5, 0.6) is 0 Å². The zero-order valence-corrected chi connectivity index (χ0v) is 21.9. The SMILES string of the molecule is C=C(COC(N)=O)[S+]([O-])[C@@H]1[C@@H](C(C)OC(=O)OCc2ccc([N+](=O)[O-])cc2)C(=O)N1C(C(=O)OC)=C(C)C. The zero-order chi connectivity index (χ0) is 28.7. The van der Waals surface area contributed by atoms with E-state index in [1.165, 1.54) is 31.2 Å². The van der Waals surface area contributed by atoms with E-state index in [2.05, 4.69) is 11.3 Å². The molecule has 14 nitrogen and oxygen atoms in total. The number of non-ortho nitro benzene ring substituents is 1. The Bertz CT molecular complexity index is 1150. The van der Waals surface area contributed by atoms with Gasteiger partial charge in [-0.1, -0.05) is 0 Å². The molecule has 0 saturated carbocycles. The number of hydrogen-bond acceptors (Lipinski definition) is 11. The third-order valence-corrected chi connectivity index (χ3v) is 6.98. The highest BCUT2D eigenvalue weighted by molar-refractivity contribution is 7.96. The first-order valence-corrected chi connectivity index (χ1v) is 12.2. The maximum atomic E-state index is 13.3. The number of benzene rings is 1. The number of carbonyl (C=O) groups excluding carboxylic acids is 4. The summed E-state index contributed by atoms with van der Waals surface area (Å²) in [6.07, 6.45) is -3.45. The Hall–Kier alpha value is -4.11. The lowest BCUT2D eigenvalue weighted by atomic mass is 9.91. The number of primary amides is 1. The predicted molar refractivity (Wildman–Crippen MR) is 131 cm³/mol. The standard InChI is InChI=1S/C23H27N3O11S/c1-12(2)18(21(28)34-5)25-19(27)17(20(25)38(33)13(3)10-35-22(24)29)14(4)37-23(30)36-11-15-6-8-16(9-7-15)26(31)32/h6-9,14,17,20H,3,10-11H2,1-2,4-5H3,(H2,24,29)/t14?,17-,20+,38?/m0/s1. The Morgan fingerprint density at radius 2 is 1.82 bits per heavy atom. The summed E-state index contributed by atoms with van der Waals surface area (Å²) in [6, 6.07) is 5.28. The lowest BCUT2D eigenvalue weighted by Gasteiger charge is -2.47. The van der Waals surface area contributed by atoms with E-state index < -0.39 is 64.2 Å². The molecule has 0 bridgehead atoms. The molecule has 38 heavy (non-hydrogen) atoms. The topological polar surface area (TPSA) is 201 Å². The number of nitrogens with two attached hydrogens (primary N) is 1. The Morgan fingerprint density at radius 3 is 2.32 bits per heavy atom. The number of nitro benzene ring substituents is 1. The quantitative estimate of drug-likeness (QED) is 0.0801. The number of carbonyl (C=O) groups is 4. The van der Waals surface area contributed by atoms with E-state index in [1.807, 2.05) is 0 Å². The summed E-state index contributed by atoms with van der Waals surface area (Å²) >= 11 is -2.10. The molecule has 2 unspecified atom stereocenters. The third kappa shape index (κ3) is 7.01. The largest absolute Gasteiger partial charge is 0.610 e. The molecule has 1 fully saturated rings. The number of likely N-dealkylation sites (tertiary alicyclic amines) is 1. The number of ether oxygens (including phenoxy) is 4. The van der Waals surface area contributed by atoms with Crippen LogP contribution in [-0.2, 0) is 46.3 Å². The molecule has 206 valence electrons. The van der Waals surface area contributed by atoms with Crippen LogP contribution >= 0.6 is 0 Å². The molecular weight excluding hydrogens is 526 g/mol. The summed E-state index contributed by atoms with van der Waals surface area (Å²) in [5.74, 6) is -2.72. The van der Waals surface area contributed by atoms with Gasteiger partial charge >= 0.3 is 18.2 Å². The van der Waals surface area contributed by atoms with E-state index in [-0.39, 0.29) is 22.9 Å². The summed E-state index contributed by atoms with van der Waals surface area (Å²) in [6.45, 7) is 7.31. The first-order valence-electron chi connectivity index (χ1n) is 11.0. The van der Waals surface area contributed by atoms with Crippen LogP contribution in [-0.4, -0.2) is 63.7 Å². The smallest absolute Gasteiger partial charge is 0.508 e. The van der Waals surface area contributed by atoms with Gasteiger partial charge in [0.1, 0.15) is 24.3 Å². The average Bonchev–Trinajstić information content (AvgIpc) is 2.86. The fourth-order valence-electron chi connectivity index (χ4n) is 3.52. The van der Waals surface area contributed by atoms with Gasteiger partial charge in [-0.05, 0) is 50.6 Å². The molecule has 1 aromatic carbocycles. The molecule has 1 aromatic rings. The van der Waals surface area contributed by atoms with E-state index in [4.69, 9.17) is 19.9 Å². The number of β-lactam (4-membered cyclic amide) rings is 1. The predicted octanol–water partition coefficient (Wildman–Crippen LogP) is 2.25. The van der Waals surface area contributed by atoms with Gasteiger partial charge in [0, 0.05) is 23.3 Å². The van der Waals surface area contributed by atoms with Crippen molar-refractivity contribution < 1.29 is 47.6 Å². The normalized spacial score (nSPS) is 17.8. The molecule has 0 spiro atoms. The molecule has 1 saturated heterocycles. The molecule has 0 aromatic heterocycles. The molecule has 2 rings (SSSR count). The lowest BCUT2D eigenvalue weighted by molar-refractivity contribution is -0.384. The number of hydrogen-bond donors (Lipinski definition) is 1. The second-order valence-corrected chi connectivity index (χ2v) is 9.85. The number of rotatable bonds is 11. The molecule has 1 heterocycles. The van der Waals surface area contributed by atoms with Gasteiger partial charge in [-0.25, -0.2) is 14.4 Å². The second-order valence-electron chi connectivity index (χ2n) is 8.19. The molecule has 15 heteroatoms. The molecule has 2 amide bonds. The first-order chi connectivity index (χ1) is 17.8. The fraction of sp³-hybridized carbons (Fsp3) is 0.391. The van der Waals surface area contributed by atoms with Gasteiger partial charge in [-0.15, -0.1) is 0 Å². The highest BCUT2D eigenvalue weighted by Gasteiger charge is 2.61. The summed E-state index contributed by atoms with van der Waals surface area (Å²) in [4.78, 5) is 59.8. The minimum absolute atomic E-state index is 0.109. The number of allylic oxidation sites excluding steroid dienone is 1. The molecular formula is C23H27N3O11S. The summed E-state index contributed by atoms with van der Waals surface area (Å²) in [5.41, 5.74) is 5.49. The average molecular weight is 554 g/mol. The number of methoxy groups -OCH3 is 1. The monoisotopic (exact) mass is 553 g/mol. The van der Waals surface area contributed by atoms with Crippen LogP contribution in [0.2, 0.25) is 0 Å². The van der Waals surface area contributed by atoms with Crippen LogP contribution < -0.4 is 5.73 Å². The minimum Gasteiger partial charge on any atom is -0.610 e. The van der Waals surface area contributed by atoms with Crippen LogP contribution in [0.3, 0.4) is 0 Å². The lowest BCUT2D eigenvalue weighted by Crippen LogP contribution is -2.67. The maximum Gasteiger partial charge on any atom is 0.508 e. The van der Waals surface area contributed by atoms with Crippen LogP contribution in [0.4, 0.5) is 15.3 Å². The minimum atomic E-state index is -2.10. The van der Waals surface area contributed by atoms with Crippen LogP contribution in [0.15, 0.2) is 47.0 Å². The highest BCUT2D eigenvalue weighted by Crippen LogP contribution is 2.41. The Balaban J connectivity index is 2.20. The fourth-order valence-corrected chi connectivity index (χ4v) is 5.04. The van der Waals surface area contributed by atoms with Crippen LogP contribution in [0.25, 0.3) is 0 Å². The molecule has 0 radical (unpaired) electrons. The molecule has 1 aliphatic heterocycles. The number of esters is 1. The van der Waals surface area contributed by atoms with E-state index in [0.29, 0.717) is 11.1 Å². The van der Waals surface area contributed by atoms with Crippen molar-refractivity contribution in [2.75, 3.05) is 13.7 Å². The molecule has 0 aliphatic carbocycles. The van der Waals surface area contributed by atoms with Crippen LogP contribution in [0, 0.1) is 16.0 Å². The number of amides is 2. The van der Waals surface area contributed by atoms with Gasteiger partial charge in [-0.2, -0.15) is 0 Å². The van der Waals surface area contributed by atoms with Crippen LogP contribution in [0.1, 0.15) is 26.3 Å². The van der Waals surface area contributed by atoms with Crippen molar-refractivity contribution in [1.29, 1.82) is 0 Å². The van der Waals surface area contributed by atoms with Crippen molar-refractivity contribution in [3.63, 3.8) is 0 Å². The van der Waals surface area contributed by atoms with Gasteiger partial charge in [0.05, 0.1) is 12.0 Å². The Labute approximate surface area is 220 Å². The third-order valence-electron chi connectivity index (χ3n) is 5.35. The summed E-state index contributed by atoms with van der Waals surface area (Å²) < 4.78 is 33.0. The van der Waals surface area contributed by atoms with Crippen molar-refractivity contribution in [3.05, 3.63) is 62.7 Å². The van der Waals surface area contributed by atoms with Crippen molar-refractivity contribution in [3.8, 4) is 0 Å². The van der Waals surface area contributed by atoms with E-state index in [1.54, 1.807) is 13.8 Å².